The molecule has 0 aliphatic heterocycles. The van der Waals surface area contributed by atoms with E-state index in [2.05, 4.69) is 15.8 Å². The van der Waals surface area contributed by atoms with Gasteiger partial charge < -0.3 is 14.8 Å². The second-order valence-electron chi connectivity index (χ2n) is 8.34. The summed E-state index contributed by atoms with van der Waals surface area (Å²) in [5, 5.41) is 7.95. The van der Waals surface area contributed by atoms with E-state index in [1.54, 1.807) is 30.3 Å². The van der Waals surface area contributed by atoms with Crippen LogP contribution in [0.15, 0.2) is 65.8 Å². The zero-order valence-corrected chi connectivity index (χ0v) is 22.7. The number of carbonyl (C=O) groups excluding carboxylic acids is 2. The molecule has 3 rings (SSSR count). The molecule has 0 saturated heterocycles. The minimum Gasteiger partial charge on any atom is -0.493 e. The Labute approximate surface area is 230 Å². The molecule has 3 aromatic carbocycles. The molecule has 10 heteroatoms. The molecule has 37 heavy (non-hydrogen) atoms. The number of methoxy groups -OCH3 is 1. The van der Waals surface area contributed by atoms with Gasteiger partial charge in [-0.3, -0.25) is 9.59 Å². The fraction of sp³-hybridized carbons (Fsp3) is 0.222. The summed E-state index contributed by atoms with van der Waals surface area (Å²) in [5.74, 6) is -0.144. The van der Waals surface area contributed by atoms with Gasteiger partial charge in [-0.1, -0.05) is 66.8 Å². The van der Waals surface area contributed by atoms with Crippen LogP contribution in [-0.4, -0.2) is 31.2 Å². The van der Waals surface area contributed by atoms with Crippen molar-refractivity contribution in [2.45, 2.75) is 26.5 Å². The largest absolute Gasteiger partial charge is 0.493 e. The minimum atomic E-state index is -0.841. The molecule has 0 bridgehead atoms. The van der Waals surface area contributed by atoms with E-state index >= 15 is 0 Å². The molecule has 0 fully saturated rings. The first-order valence-electron chi connectivity index (χ1n) is 11.3. The van der Waals surface area contributed by atoms with Gasteiger partial charge in [-0.15, -0.1) is 0 Å². The molecular formula is C27H26Cl3N3O4. The third kappa shape index (κ3) is 7.86. The molecule has 7 nitrogen and oxygen atoms in total. The van der Waals surface area contributed by atoms with Crippen LogP contribution in [0.25, 0.3) is 0 Å². The fourth-order valence-electron chi connectivity index (χ4n) is 3.32. The zero-order chi connectivity index (χ0) is 26.9. The van der Waals surface area contributed by atoms with E-state index in [4.69, 9.17) is 44.3 Å². The number of nitrogens with zero attached hydrogens (tertiary/aromatic N) is 1. The maximum absolute atomic E-state index is 12.8. The highest BCUT2D eigenvalue weighted by Crippen LogP contribution is 2.29. The first kappa shape index (κ1) is 28.3. The van der Waals surface area contributed by atoms with Crippen LogP contribution in [0, 0.1) is 5.92 Å². The van der Waals surface area contributed by atoms with Crippen LogP contribution >= 0.6 is 34.8 Å². The molecule has 0 aliphatic rings. The van der Waals surface area contributed by atoms with E-state index in [1.165, 1.54) is 25.5 Å². The lowest BCUT2D eigenvalue weighted by atomic mass is 10.0. The number of halogens is 3. The molecule has 3 aromatic rings. The van der Waals surface area contributed by atoms with Crippen LogP contribution < -0.4 is 20.2 Å². The monoisotopic (exact) mass is 561 g/mol. The van der Waals surface area contributed by atoms with Crippen molar-refractivity contribution in [3.63, 3.8) is 0 Å². The molecule has 1 atom stereocenters. The van der Waals surface area contributed by atoms with E-state index in [0.29, 0.717) is 27.1 Å². The van der Waals surface area contributed by atoms with Crippen LogP contribution in [0.5, 0.6) is 11.5 Å². The number of nitrogens with one attached hydrogen (secondary N) is 2. The van der Waals surface area contributed by atoms with Crippen molar-refractivity contribution in [2.24, 2.45) is 11.0 Å². The summed E-state index contributed by atoms with van der Waals surface area (Å²) in [4.78, 5) is 25.4. The molecular weight excluding hydrogens is 537 g/mol. The van der Waals surface area contributed by atoms with Gasteiger partial charge in [0, 0.05) is 15.6 Å². The topological polar surface area (TPSA) is 89.0 Å². The Hall–Kier alpha value is -3.26. The van der Waals surface area contributed by atoms with Crippen molar-refractivity contribution < 1.29 is 19.1 Å². The highest BCUT2D eigenvalue weighted by molar-refractivity contribution is 6.36. The lowest BCUT2D eigenvalue weighted by Gasteiger charge is -2.20. The molecule has 0 spiro atoms. The molecule has 1 unspecified atom stereocenters. The maximum atomic E-state index is 12.8. The van der Waals surface area contributed by atoms with Gasteiger partial charge >= 0.3 is 0 Å². The number of hydrogen-bond acceptors (Lipinski definition) is 5. The van der Waals surface area contributed by atoms with Crippen molar-refractivity contribution in [1.29, 1.82) is 0 Å². The van der Waals surface area contributed by atoms with Crippen LogP contribution in [0.3, 0.4) is 0 Å². The summed E-state index contributed by atoms with van der Waals surface area (Å²) in [6.45, 7) is 3.90. The van der Waals surface area contributed by atoms with Gasteiger partial charge in [0.15, 0.2) is 11.5 Å². The summed E-state index contributed by atoms with van der Waals surface area (Å²) in [5.41, 5.74) is 4.21. The number of rotatable bonds is 10. The zero-order valence-electron chi connectivity index (χ0n) is 20.4. The van der Waals surface area contributed by atoms with Crippen LogP contribution in [0.4, 0.5) is 0 Å². The maximum Gasteiger partial charge on any atom is 0.262 e. The molecule has 0 heterocycles. The van der Waals surface area contributed by atoms with Crippen LogP contribution in [-0.2, 0) is 11.4 Å². The van der Waals surface area contributed by atoms with E-state index in [1.807, 2.05) is 32.0 Å². The van der Waals surface area contributed by atoms with Crippen molar-refractivity contribution in [3.8, 4) is 11.5 Å². The van der Waals surface area contributed by atoms with Crippen LogP contribution in [0.2, 0.25) is 15.1 Å². The summed E-state index contributed by atoms with van der Waals surface area (Å²) >= 11 is 18.2. The summed E-state index contributed by atoms with van der Waals surface area (Å²) in [7, 11) is 1.53. The Morgan fingerprint density at radius 2 is 1.73 bits per heavy atom. The molecule has 2 amide bonds. The first-order chi connectivity index (χ1) is 17.7. The summed E-state index contributed by atoms with van der Waals surface area (Å²) in [6.07, 6.45) is 1.47. The Balaban J connectivity index is 1.63. The van der Waals surface area contributed by atoms with Gasteiger partial charge in [0.25, 0.3) is 11.8 Å². The van der Waals surface area contributed by atoms with E-state index in [-0.39, 0.29) is 23.1 Å². The van der Waals surface area contributed by atoms with Gasteiger partial charge in [-0.05, 0) is 53.9 Å². The smallest absolute Gasteiger partial charge is 0.262 e. The second kappa shape index (κ2) is 13.3. The van der Waals surface area contributed by atoms with Crippen LogP contribution in [0.1, 0.15) is 35.3 Å². The number of ether oxygens (including phenoxy) is 2. The quantitative estimate of drug-likeness (QED) is 0.229. The van der Waals surface area contributed by atoms with Gasteiger partial charge in [-0.2, -0.15) is 5.10 Å². The van der Waals surface area contributed by atoms with E-state index < -0.39 is 17.9 Å². The third-order valence-electron chi connectivity index (χ3n) is 5.33. The van der Waals surface area contributed by atoms with Crippen molar-refractivity contribution in [1.82, 2.24) is 10.7 Å². The molecule has 0 aromatic heterocycles. The van der Waals surface area contributed by atoms with Gasteiger partial charge in [0.05, 0.1) is 23.9 Å². The Bertz CT molecular complexity index is 1300. The first-order valence-corrected chi connectivity index (χ1v) is 12.5. The Kier molecular flexibility index (Phi) is 10.2. The minimum absolute atomic E-state index is 0.194. The lowest BCUT2D eigenvalue weighted by molar-refractivity contribution is -0.123. The standard InChI is InChI=1S/C27H26Cl3N3O4/c1-16(2)25(32-26(34)20-10-9-19(28)13-22(20)30)27(35)33-31-14-17-8-11-23(24(12-17)36-3)37-15-18-6-4-5-7-21(18)29/h4-14,16,25H,15H2,1-3H3,(H,32,34)(H,33,35)/b31-14+. The normalized spacial score (nSPS) is 11.9. The van der Waals surface area contributed by atoms with Crippen molar-refractivity contribution in [2.75, 3.05) is 7.11 Å². The lowest BCUT2D eigenvalue weighted by Crippen LogP contribution is -2.48. The molecule has 0 saturated carbocycles. The fourth-order valence-corrected chi connectivity index (χ4v) is 4.01. The van der Waals surface area contributed by atoms with E-state index in [0.717, 1.165) is 5.56 Å². The van der Waals surface area contributed by atoms with Crippen molar-refractivity contribution in [3.05, 3.63) is 92.4 Å². The molecule has 194 valence electrons. The summed E-state index contributed by atoms with van der Waals surface area (Å²) < 4.78 is 11.3. The predicted molar refractivity (Wildman–Crippen MR) is 147 cm³/mol. The number of benzene rings is 3. The van der Waals surface area contributed by atoms with Gasteiger partial charge in [0.1, 0.15) is 12.6 Å². The molecule has 2 N–H and O–H groups in total. The SMILES string of the molecule is COc1cc(/C=N/NC(=O)C(NC(=O)c2ccc(Cl)cc2Cl)C(C)C)ccc1OCc1ccccc1Cl. The molecule has 0 aliphatic carbocycles. The third-order valence-corrected chi connectivity index (χ3v) is 6.25. The second-order valence-corrected chi connectivity index (χ2v) is 9.59. The Morgan fingerprint density at radius 3 is 2.41 bits per heavy atom. The van der Waals surface area contributed by atoms with Gasteiger partial charge in [-0.25, -0.2) is 5.43 Å². The number of carbonyl (C=O) groups is 2. The highest BCUT2D eigenvalue weighted by Gasteiger charge is 2.25. The number of amides is 2. The summed E-state index contributed by atoms with van der Waals surface area (Å²) in [6, 6.07) is 16.3. The van der Waals surface area contributed by atoms with E-state index in [9.17, 15) is 9.59 Å². The molecule has 0 radical (unpaired) electrons. The predicted octanol–water partition coefficient (Wildman–Crippen LogP) is 6.14. The van der Waals surface area contributed by atoms with Crippen molar-refractivity contribution >= 4 is 52.8 Å². The number of hydrogen-bond donors (Lipinski definition) is 2. The van der Waals surface area contributed by atoms with Gasteiger partial charge in [0.2, 0.25) is 0 Å². The average Bonchev–Trinajstić information content (AvgIpc) is 2.86. The number of hydrazone groups is 1. The Morgan fingerprint density at radius 1 is 0.973 bits per heavy atom. The highest BCUT2D eigenvalue weighted by atomic mass is 35.5. The average molecular weight is 563 g/mol.